The highest BCUT2D eigenvalue weighted by atomic mass is 16.7. The predicted molar refractivity (Wildman–Crippen MR) is 79.5 cm³/mol. The first-order valence-electron chi connectivity index (χ1n) is 6.86. The third-order valence-corrected chi connectivity index (χ3v) is 4.32. The van der Waals surface area contributed by atoms with Gasteiger partial charge in [0.15, 0.2) is 0 Å². The van der Waals surface area contributed by atoms with Crippen molar-refractivity contribution in [2.45, 2.75) is 58.8 Å². The van der Waals surface area contributed by atoms with Crippen LogP contribution in [0, 0.1) is 6.92 Å². The maximum Gasteiger partial charge on any atom is 0.494 e. The molecule has 1 aliphatic heterocycles. The van der Waals surface area contributed by atoms with Gasteiger partial charge in [0.25, 0.3) is 0 Å². The van der Waals surface area contributed by atoms with Crippen LogP contribution in [0.15, 0.2) is 18.2 Å². The summed E-state index contributed by atoms with van der Waals surface area (Å²) in [6.45, 7) is 12.3. The zero-order valence-electron chi connectivity index (χ0n) is 12.8. The van der Waals surface area contributed by atoms with E-state index in [1.54, 1.807) is 0 Å². The van der Waals surface area contributed by atoms with Crippen molar-refractivity contribution in [2.75, 3.05) is 0 Å². The van der Waals surface area contributed by atoms with Gasteiger partial charge in [-0.05, 0) is 58.1 Å². The summed E-state index contributed by atoms with van der Waals surface area (Å²) in [4.78, 5) is 0. The monoisotopic (exact) mass is 261 g/mol. The Morgan fingerprint density at radius 3 is 2.11 bits per heavy atom. The zero-order valence-corrected chi connectivity index (χ0v) is 12.8. The van der Waals surface area contributed by atoms with Gasteiger partial charge in [0.1, 0.15) is 0 Å². The maximum atomic E-state index is 6.06. The van der Waals surface area contributed by atoms with Crippen molar-refractivity contribution in [3.05, 3.63) is 29.3 Å². The van der Waals surface area contributed by atoms with E-state index >= 15 is 0 Å². The first kappa shape index (κ1) is 14.6. The van der Waals surface area contributed by atoms with Gasteiger partial charge in [-0.15, -0.1) is 0 Å². The molecule has 0 aliphatic carbocycles. The Labute approximate surface area is 116 Å². The largest absolute Gasteiger partial charge is 0.494 e. The van der Waals surface area contributed by atoms with Gasteiger partial charge in [-0.3, -0.25) is 0 Å². The Morgan fingerprint density at radius 2 is 1.63 bits per heavy atom. The molecule has 1 aromatic rings. The number of nitrogens with two attached hydrogens (primary N) is 1. The molecule has 1 aliphatic rings. The van der Waals surface area contributed by atoms with Crippen LogP contribution in [0.3, 0.4) is 0 Å². The van der Waals surface area contributed by atoms with Crippen molar-refractivity contribution < 1.29 is 9.31 Å². The second-order valence-electron chi connectivity index (χ2n) is 6.49. The lowest BCUT2D eigenvalue weighted by atomic mass is 9.77. The fourth-order valence-corrected chi connectivity index (χ4v) is 2.28. The molecule has 0 amide bonds. The molecule has 2 rings (SSSR count). The Bertz CT molecular complexity index is 467. The lowest BCUT2D eigenvalue weighted by molar-refractivity contribution is 0.00578. The molecule has 3 nitrogen and oxygen atoms in total. The van der Waals surface area contributed by atoms with Crippen LogP contribution in [0.25, 0.3) is 0 Å². The van der Waals surface area contributed by atoms with Gasteiger partial charge in [0, 0.05) is 6.04 Å². The van der Waals surface area contributed by atoms with Crippen LogP contribution < -0.4 is 11.2 Å². The molecular weight excluding hydrogens is 237 g/mol. The van der Waals surface area contributed by atoms with Crippen molar-refractivity contribution >= 4 is 12.6 Å². The third kappa shape index (κ3) is 2.57. The van der Waals surface area contributed by atoms with Crippen LogP contribution in [0.5, 0.6) is 0 Å². The van der Waals surface area contributed by atoms with Crippen LogP contribution in [0.4, 0.5) is 0 Å². The summed E-state index contributed by atoms with van der Waals surface area (Å²) in [7, 11) is -0.317. The Morgan fingerprint density at radius 1 is 1.11 bits per heavy atom. The quantitative estimate of drug-likeness (QED) is 0.831. The summed E-state index contributed by atoms with van der Waals surface area (Å²) in [6.07, 6.45) is 0. The normalized spacial score (nSPS) is 22.6. The summed E-state index contributed by atoms with van der Waals surface area (Å²) in [5, 5.41) is 0. The molecule has 2 N–H and O–H groups in total. The fourth-order valence-electron chi connectivity index (χ4n) is 2.28. The molecule has 0 spiro atoms. The standard InChI is InChI=1S/C15H24BNO2/c1-10-7-8-12(9-13(10)11(2)17)16-18-14(3,4)15(5,6)19-16/h7-9,11H,17H2,1-6H3. The minimum absolute atomic E-state index is 0.0161. The van der Waals surface area contributed by atoms with E-state index in [0.29, 0.717) is 0 Å². The summed E-state index contributed by atoms with van der Waals surface area (Å²) in [5.41, 5.74) is 8.78. The summed E-state index contributed by atoms with van der Waals surface area (Å²) >= 11 is 0. The maximum absolute atomic E-state index is 6.06. The molecule has 0 saturated carbocycles. The number of rotatable bonds is 2. The molecule has 4 heteroatoms. The molecule has 0 radical (unpaired) electrons. The van der Waals surface area contributed by atoms with Crippen molar-refractivity contribution in [1.29, 1.82) is 0 Å². The number of benzene rings is 1. The zero-order chi connectivity index (χ0) is 14.4. The second-order valence-corrected chi connectivity index (χ2v) is 6.49. The molecule has 1 atom stereocenters. The van der Waals surface area contributed by atoms with E-state index in [-0.39, 0.29) is 24.4 Å². The number of hydrogen-bond acceptors (Lipinski definition) is 3. The highest BCUT2D eigenvalue weighted by molar-refractivity contribution is 6.62. The van der Waals surface area contributed by atoms with Gasteiger partial charge >= 0.3 is 7.12 Å². The highest BCUT2D eigenvalue weighted by Gasteiger charge is 2.51. The Hall–Kier alpha value is -0.835. The van der Waals surface area contributed by atoms with Gasteiger partial charge in [0.2, 0.25) is 0 Å². The molecule has 0 bridgehead atoms. The Balaban J connectivity index is 2.32. The molecule has 1 aromatic carbocycles. The summed E-state index contributed by atoms with van der Waals surface area (Å²) in [6, 6.07) is 6.26. The van der Waals surface area contributed by atoms with Crippen molar-refractivity contribution in [3.8, 4) is 0 Å². The molecule has 0 aromatic heterocycles. The van der Waals surface area contributed by atoms with Crippen molar-refractivity contribution in [3.63, 3.8) is 0 Å². The van der Waals surface area contributed by atoms with Crippen LogP contribution in [0.1, 0.15) is 51.8 Å². The van der Waals surface area contributed by atoms with Crippen LogP contribution >= 0.6 is 0 Å². The van der Waals surface area contributed by atoms with E-state index in [1.165, 1.54) is 5.56 Å². The third-order valence-electron chi connectivity index (χ3n) is 4.32. The van der Waals surface area contributed by atoms with Gasteiger partial charge in [-0.25, -0.2) is 0 Å². The average Bonchev–Trinajstić information content (AvgIpc) is 2.48. The fraction of sp³-hybridized carbons (Fsp3) is 0.600. The molecule has 1 unspecified atom stereocenters. The molecule has 1 fully saturated rings. The smallest absolute Gasteiger partial charge is 0.399 e. The molecule has 1 heterocycles. The van der Waals surface area contributed by atoms with E-state index in [0.717, 1.165) is 11.0 Å². The number of hydrogen-bond donors (Lipinski definition) is 1. The van der Waals surface area contributed by atoms with Crippen molar-refractivity contribution in [1.82, 2.24) is 0 Å². The van der Waals surface area contributed by atoms with E-state index in [9.17, 15) is 0 Å². The first-order chi connectivity index (χ1) is 8.64. The van der Waals surface area contributed by atoms with Crippen LogP contribution in [-0.2, 0) is 9.31 Å². The van der Waals surface area contributed by atoms with E-state index in [2.05, 4.69) is 52.8 Å². The summed E-state index contributed by atoms with van der Waals surface area (Å²) in [5.74, 6) is 0. The summed E-state index contributed by atoms with van der Waals surface area (Å²) < 4.78 is 12.1. The molecule has 1 saturated heterocycles. The highest BCUT2D eigenvalue weighted by Crippen LogP contribution is 2.36. The van der Waals surface area contributed by atoms with E-state index < -0.39 is 0 Å². The lowest BCUT2D eigenvalue weighted by Gasteiger charge is -2.32. The van der Waals surface area contributed by atoms with Crippen LogP contribution in [-0.4, -0.2) is 18.3 Å². The van der Waals surface area contributed by atoms with Gasteiger partial charge in [-0.1, -0.05) is 18.2 Å². The molecule has 19 heavy (non-hydrogen) atoms. The van der Waals surface area contributed by atoms with Gasteiger partial charge < -0.3 is 15.0 Å². The number of aryl methyl sites for hydroxylation is 1. The van der Waals surface area contributed by atoms with Crippen molar-refractivity contribution in [2.24, 2.45) is 5.73 Å². The average molecular weight is 261 g/mol. The molecule has 104 valence electrons. The first-order valence-corrected chi connectivity index (χ1v) is 6.86. The minimum Gasteiger partial charge on any atom is -0.399 e. The van der Waals surface area contributed by atoms with E-state index in [4.69, 9.17) is 15.0 Å². The second kappa shape index (κ2) is 4.62. The van der Waals surface area contributed by atoms with Gasteiger partial charge in [-0.2, -0.15) is 0 Å². The SMILES string of the molecule is Cc1ccc(B2OC(C)(C)C(C)(C)O2)cc1C(C)N. The molecular formula is C15H24BNO2. The predicted octanol–water partition coefficient (Wildman–Crippen LogP) is 2.31. The lowest BCUT2D eigenvalue weighted by Crippen LogP contribution is -2.41. The van der Waals surface area contributed by atoms with E-state index in [1.807, 2.05) is 6.92 Å². The topological polar surface area (TPSA) is 44.5 Å². The van der Waals surface area contributed by atoms with Crippen LogP contribution in [0.2, 0.25) is 0 Å². The minimum atomic E-state index is -0.317. The van der Waals surface area contributed by atoms with Gasteiger partial charge in [0.05, 0.1) is 11.2 Å². The Kier molecular flexibility index (Phi) is 3.54.